The molecule has 162 valence electrons. The third kappa shape index (κ3) is 5.11. The van der Waals surface area contributed by atoms with Gasteiger partial charge in [-0.15, -0.1) is 0 Å². The molecule has 0 saturated carbocycles. The number of morpholine rings is 1. The predicted molar refractivity (Wildman–Crippen MR) is 112 cm³/mol. The quantitative estimate of drug-likeness (QED) is 0.658. The van der Waals surface area contributed by atoms with Crippen molar-refractivity contribution in [1.82, 2.24) is 14.8 Å². The van der Waals surface area contributed by atoms with Gasteiger partial charge in [0, 0.05) is 44.6 Å². The molecule has 1 unspecified atom stereocenters. The summed E-state index contributed by atoms with van der Waals surface area (Å²) in [6, 6.07) is 8.88. The predicted octanol–water partition coefficient (Wildman–Crippen LogP) is 1.17. The Morgan fingerprint density at radius 1 is 1.13 bits per heavy atom. The van der Waals surface area contributed by atoms with Crippen molar-refractivity contribution in [3.8, 4) is 11.5 Å². The third-order valence-corrected chi connectivity index (χ3v) is 5.13. The van der Waals surface area contributed by atoms with Gasteiger partial charge in [0.25, 0.3) is 0 Å². The number of carbonyl (C=O) groups is 2. The van der Waals surface area contributed by atoms with Crippen LogP contribution in [0, 0.1) is 0 Å². The first-order valence-electron chi connectivity index (χ1n) is 9.77. The van der Waals surface area contributed by atoms with Crippen LogP contribution in [-0.2, 0) is 21.4 Å². The zero-order valence-corrected chi connectivity index (χ0v) is 17.5. The van der Waals surface area contributed by atoms with E-state index in [2.05, 4.69) is 15.5 Å². The largest absolute Gasteiger partial charge is 0.497 e. The van der Waals surface area contributed by atoms with Gasteiger partial charge in [-0.1, -0.05) is 0 Å². The second kappa shape index (κ2) is 10.1. The summed E-state index contributed by atoms with van der Waals surface area (Å²) in [6.07, 6.45) is 1.97. The molecule has 2 aromatic rings. The number of hydrogen-bond donors (Lipinski definition) is 2. The SMILES string of the molecule is COc1ccc(NC(=O)C(=O)NCC(c2cccn2C)N2CCOCC2)c(OC)c1. The number of hydrogen-bond acceptors (Lipinski definition) is 6. The third-order valence-electron chi connectivity index (χ3n) is 5.13. The van der Waals surface area contributed by atoms with Crippen LogP contribution in [-0.4, -0.2) is 68.3 Å². The van der Waals surface area contributed by atoms with Crippen LogP contribution in [0.5, 0.6) is 11.5 Å². The number of ether oxygens (including phenoxy) is 3. The molecule has 1 aromatic carbocycles. The van der Waals surface area contributed by atoms with E-state index < -0.39 is 11.8 Å². The summed E-state index contributed by atoms with van der Waals surface area (Å²) in [5, 5.41) is 5.35. The van der Waals surface area contributed by atoms with Crippen LogP contribution in [0.15, 0.2) is 36.5 Å². The van der Waals surface area contributed by atoms with Crippen molar-refractivity contribution in [3.05, 3.63) is 42.2 Å². The Morgan fingerprint density at radius 3 is 2.53 bits per heavy atom. The number of amides is 2. The van der Waals surface area contributed by atoms with Crippen LogP contribution in [0.25, 0.3) is 0 Å². The molecule has 0 aliphatic carbocycles. The molecule has 1 atom stereocenters. The molecule has 2 heterocycles. The molecule has 2 N–H and O–H groups in total. The highest BCUT2D eigenvalue weighted by atomic mass is 16.5. The molecule has 1 saturated heterocycles. The lowest BCUT2D eigenvalue weighted by Gasteiger charge is -2.34. The molecule has 3 rings (SSSR count). The topological polar surface area (TPSA) is 94.1 Å². The first kappa shape index (κ1) is 21.7. The van der Waals surface area contributed by atoms with Gasteiger partial charge in [-0.2, -0.15) is 0 Å². The van der Waals surface area contributed by atoms with E-state index >= 15 is 0 Å². The lowest BCUT2D eigenvalue weighted by molar-refractivity contribution is -0.136. The van der Waals surface area contributed by atoms with E-state index in [0.717, 1.165) is 18.8 Å². The van der Waals surface area contributed by atoms with E-state index in [4.69, 9.17) is 14.2 Å². The summed E-state index contributed by atoms with van der Waals surface area (Å²) in [6.45, 7) is 3.13. The van der Waals surface area contributed by atoms with Crippen LogP contribution in [0.4, 0.5) is 5.69 Å². The van der Waals surface area contributed by atoms with Gasteiger partial charge in [0.2, 0.25) is 0 Å². The van der Waals surface area contributed by atoms with Crippen LogP contribution in [0.2, 0.25) is 0 Å². The Morgan fingerprint density at radius 2 is 1.90 bits per heavy atom. The summed E-state index contributed by atoms with van der Waals surface area (Å²) in [5.74, 6) is -0.470. The van der Waals surface area contributed by atoms with E-state index in [1.165, 1.54) is 14.2 Å². The maximum absolute atomic E-state index is 12.5. The van der Waals surface area contributed by atoms with Gasteiger partial charge in [0.05, 0.1) is 39.2 Å². The number of aryl methyl sites for hydroxylation is 1. The van der Waals surface area contributed by atoms with Crippen LogP contribution >= 0.6 is 0 Å². The van der Waals surface area contributed by atoms with Crippen molar-refractivity contribution >= 4 is 17.5 Å². The van der Waals surface area contributed by atoms with E-state index in [9.17, 15) is 9.59 Å². The Hall–Kier alpha value is -3.04. The molecule has 1 fully saturated rings. The molecule has 30 heavy (non-hydrogen) atoms. The fourth-order valence-electron chi connectivity index (χ4n) is 3.48. The number of aromatic nitrogens is 1. The number of methoxy groups -OCH3 is 2. The zero-order valence-electron chi connectivity index (χ0n) is 17.5. The van der Waals surface area contributed by atoms with Gasteiger partial charge in [0.15, 0.2) is 0 Å². The molecule has 9 nitrogen and oxygen atoms in total. The Balaban J connectivity index is 1.65. The second-order valence-electron chi connectivity index (χ2n) is 6.94. The van der Waals surface area contributed by atoms with Gasteiger partial charge < -0.3 is 29.4 Å². The summed E-state index contributed by atoms with van der Waals surface area (Å²) in [7, 11) is 4.99. The van der Waals surface area contributed by atoms with Crippen molar-refractivity contribution in [2.45, 2.75) is 6.04 Å². The normalized spacial score (nSPS) is 15.3. The molecule has 1 aliphatic heterocycles. The first-order valence-corrected chi connectivity index (χ1v) is 9.77. The van der Waals surface area contributed by atoms with Crippen LogP contribution in [0.3, 0.4) is 0 Å². The zero-order chi connectivity index (χ0) is 21.5. The second-order valence-corrected chi connectivity index (χ2v) is 6.94. The highest BCUT2D eigenvalue weighted by molar-refractivity contribution is 6.39. The molecule has 2 amide bonds. The molecule has 0 bridgehead atoms. The van der Waals surface area contributed by atoms with E-state index in [1.807, 2.05) is 29.9 Å². The molecule has 1 aromatic heterocycles. The van der Waals surface area contributed by atoms with Gasteiger partial charge in [0.1, 0.15) is 11.5 Å². The molecule has 9 heteroatoms. The van der Waals surface area contributed by atoms with E-state index in [0.29, 0.717) is 36.9 Å². The minimum atomic E-state index is -0.758. The van der Waals surface area contributed by atoms with Gasteiger partial charge in [-0.05, 0) is 24.3 Å². The van der Waals surface area contributed by atoms with Crippen LogP contribution in [0.1, 0.15) is 11.7 Å². The van der Waals surface area contributed by atoms with Crippen molar-refractivity contribution in [1.29, 1.82) is 0 Å². The smallest absolute Gasteiger partial charge is 0.313 e. The minimum absolute atomic E-state index is 0.0545. The average Bonchev–Trinajstić information content (AvgIpc) is 3.20. The lowest BCUT2D eigenvalue weighted by atomic mass is 10.1. The summed E-state index contributed by atoms with van der Waals surface area (Å²) in [5.41, 5.74) is 1.46. The molecule has 1 aliphatic rings. The van der Waals surface area contributed by atoms with Crippen molar-refractivity contribution in [3.63, 3.8) is 0 Å². The minimum Gasteiger partial charge on any atom is -0.497 e. The van der Waals surface area contributed by atoms with E-state index in [-0.39, 0.29) is 6.04 Å². The van der Waals surface area contributed by atoms with Gasteiger partial charge >= 0.3 is 11.8 Å². The summed E-state index contributed by atoms with van der Waals surface area (Å²) < 4.78 is 17.9. The Labute approximate surface area is 175 Å². The molecular weight excluding hydrogens is 388 g/mol. The lowest BCUT2D eigenvalue weighted by Crippen LogP contribution is -2.46. The summed E-state index contributed by atoms with van der Waals surface area (Å²) in [4.78, 5) is 27.2. The average molecular weight is 416 g/mol. The van der Waals surface area contributed by atoms with Crippen LogP contribution < -0.4 is 20.1 Å². The number of carbonyl (C=O) groups excluding carboxylic acids is 2. The number of nitrogens with zero attached hydrogens (tertiary/aromatic N) is 2. The van der Waals surface area contributed by atoms with Gasteiger partial charge in [-0.3, -0.25) is 14.5 Å². The monoisotopic (exact) mass is 416 g/mol. The molecule has 0 radical (unpaired) electrons. The van der Waals surface area contributed by atoms with Crippen molar-refractivity contribution < 1.29 is 23.8 Å². The fraction of sp³-hybridized carbons (Fsp3) is 0.429. The molecular formula is C21H28N4O5. The highest BCUT2D eigenvalue weighted by Crippen LogP contribution is 2.29. The standard InChI is InChI=1S/C21H28N4O5/c1-24-8-4-5-17(24)18(25-9-11-30-12-10-25)14-22-20(26)21(27)23-16-7-6-15(28-2)13-19(16)29-3/h4-8,13,18H,9-12,14H2,1-3H3,(H,22,26)(H,23,27). The van der Waals surface area contributed by atoms with E-state index in [1.54, 1.807) is 18.2 Å². The van der Waals surface area contributed by atoms with Crippen molar-refractivity contribution in [2.24, 2.45) is 7.05 Å². The fourth-order valence-corrected chi connectivity index (χ4v) is 3.48. The number of benzene rings is 1. The number of anilines is 1. The summed E-state index contributed by atoms with van der Waals surface area (Å²) >= 11 is 0. The maximum atomic E-state index is 12.5. The number of rotatable bonds is 7. The van der Waals surface area contributed by atoms with Crippen molar-refractivity contribution in [2.75, 3.05) is 52.4 Å². The van der Waals surface area contributed by atoms with Gasteiger partial charge in [-0.25, -0.2) is 0 Å². The molecule has 0 spiro atoms. The number of nitrogens with one attached hydrogen (secondary N) is 2. The highest BCUT2D eigenvalue weighted by Gasteiger charge is 2.26. The maximum Gasteiger partial charge on any atom is 0.313 e. The first-order chi connectivity index (χ1) is 14.5. The Kier molecular flexibility index (Phi) is 7.31. The Bertz CT molecular complexity index is 876.